The Morgan fingerprint density at radius 2 is 1.66 bits per heavy atom. The molecule has 2 heterocycles. The fraction of sp³-hybridized carbons (Fsp3) is 0.217. The number of primary amides is 1. The van der Waals surface area contributed by atoms with E-state index in [0.29, 0.717) is 43.1 Å². The molecule has 32 heavy (non-hydrogen) atoms. The lowest BCUT2D eigenvalue weighted by atomic mass is 10.1. The van der Waals surface area contributed by atoms with Gasteiger partial charge in [0.15, 0.2) is 0 Å². The van der Waals surface area contributed by atoms with Crippen LogP contribution in [0.25, 0.3) is 0 Å². The molecule has 1 saturated heterocycles. The van der Waals surface area contributed by atoms with Crippen molar-refractivity contribution in [2.75, 3.05) is 26.2 Å². The minimum absolute atomic E-state index is 0.115. The molecule has 0 unspecified atom stereocenters. The summed E-state index contributed by atoms with van der Waals surface area (Å²) in [7, 11) is 0. The predicted molar refractivity (Wildman–Crippen MR) is 114 cm³/mol. The second-order valence-electron chi connectivity index (χ2n) is 7.31. The van der Waals surface area contributed by atoms with E-state index in [0.717, 1.165) is 5.56 Å². The van der Waals surface area contributed by atoms with Crippen molar-refractivity contribution in [1.29, 1.82) is 0 Å². The number of amides is 3. The SMILES string of the molecule is NC(=O)c1ccccc1OCc1cccc(C(=O)N2CCN(C(=O)c3ccno3)CC2)c1. The van der Waals surface area contributed by atoms with Crippen molar-refractivity contribution < 1.29 is 23.6 Å². The highest BCUT2D eigenvalue weighted by Crippen LogP contribution is 2.19. The molecule has 1 aliphatic rings. The van der Waals surface area contributed by atoms with Crippen molar-refractivity contribution in [3.63, 3.8) is 0 Å². The highest BCUT2D eigenvalue weighted by Gasteiger charge is 2.27. The number of piperazine rings is 1. The number of hydrogen-bond acceptors (Lipinski definition) is 6. The van der Waals surface area contributed by atoms with Gasteiger partial charge in [0.05, 0.1) is 11.8 Å². The summed E-state index contributed by atoms with van der Waals surface area (Å²) in [6.45, 7) is 1.86. The van der Waals surface area contributed by atoms with E-state index in [9.17, 15) is 14.4 Å². The van der Waals surface area contributed by atoms with Crippen molar-refractivity contribution in [1.82, 2.24) is 15.0 Å². The van der Waals surface area contributed by atoms with Gasteiger partial charge < -0.3 is 24.8 Å². The molecule has 9 heteroatoms. The van der Waals surface area contributed by atoms with Crippen LogP contribution in [0.3, 0.4) is 0 Å². The van der Waals surface area contributed by atoms with Gasteiger partial charge in [-0.05, 0) is 29.8 Å². The quantitative estimate of drug-likeness (QED) is 0.633. The smallest absolute Gasteiger partial charge is 0.292 e. The van der Waals surface area contributed by atoms with Gasteiger partial charge in [-0.15, -0.1) is 0 Å². The summed E-state index contributed by atoms with van der Waals surface area (Å²) in [4.78, 5) is 40.2. The maximum atomic E-state index is 13.0. The van der Waals surface area contributed by atoms with Gasteiger partial charge in [0.25, 0.3) is 17.7 Å². The molecular formula is C23H22N4O5. The molecule has 0 spiro atoms. The molecule has 0 saturated carbocycles. The molecule has 2 N–H and O–H groups in total. The molecule has 1 aliphatic heterocycles. The van der Waals surface area contributed by atoms with Gasteiger partial charge in [0, 0.05) is 37.8 Å². The third-order valence-corrected chi connectivity index (χ3v) is 5.22. The first-order valence-electron chi connectivity index (χ1n) is 10.1. The molecule has 0 bridgehead atoms. The second kappa shape index (κ2) is 9.34. The van der Waals surface area contributed by atoms with Crippen LogP contribution >= 0.6 is 0 Å². The topological polar surface area (TPSA) is 119 Å². The fourth-order valence-electron chi connectivity index (χ4n) is 3.53. The normalized spacial score (nSPS) is 13.6. The third kappa shape index (κ3) is 4.61. The van der Waals surface area contributed by atoms with Crippen LogP contribution in [0.5, 0.6) is 5.75 Å². The predicted octanol–water partition coefficient (Wildman–Crippen LogP) is 1.95. The standard InChI is InChI=1S/C23H22N4O5/c24-21(28)18-6-1-2-7-19(18)31-15-16-4-3-5-17(14-16)22(29)26-10-12-27(13-11-26)23(30)20-8-9-25-32-20/h1-9,14H,10-13,15H2,(H2,24,28). The monoisotopic (exact) mass is 434 g/mol. The van der Waals surface area contributed by atoms with E-state index in [-0.39, 0.29) is 24.2 Å². The molecule has 1 fully saturated rings. The zero-order valence-electron chi connectivity index (χ0n) is 17.3. The lowest BCUT2D eigenvalue weighted by Gasteiger charge is -2.34. The van der Waals surface area contributed by atoms with Gasteiger partial charge >= 0.3 is 0 Å². The van der Waals surface area contributed by atoms with Crippen molar-refractivity contribution in [3.05, 3.63) is 83.2 Å². The highest BCUT2D eigenvalue weighted by atomic mass is 16.5. The van der Waals surface area contributed by atoms with E-state index < -0.39 is 5.91 Å². The molecular weight excluding hydrogens is 412 g/mol. The van der Waals surface area contributed by atoms with Crippen LogP contribution in [0.15, 0.2) is 65.3 Å². The van der Waals surface area contributed by atoms with Gasteiger partial charge in [0.1, 0.15) is 12.4 Å². The van der Waals surface area contributed by atoms with Gasteiger partial charge in [-0.2, -0.15) is 0 Å². The first-order valence-corrected chi connectivity index (χ1v) is 10.1. The number of hydrogen-bond donors (Lipinski definition) is 1. The van der Waals surface area contributed by atoms with Gasteiger partial charge in [-0.3, -0.25) is 14.4 Å². The number of carbonyl (C=O) groups excluding carboxylic acids is 3. The van der Waals surface area contributed by atoms with E-state index in [4.69, 9.17) is 15.0 Å². The number of rotatable bonds is 6. The molecule has 2 aromatic carbocycles. The Labute approximate surface area is 184 Å². The lowest BCUT2D eigenvalue weighted by Crippen LogP contribution is -2.50. The summed E-state index contributed by atoms with van der Waals surface area (Å²) < 4.78 is 10.7. The van der Waals surface area contributed by atoms with Gasteiger partial charge in [-0.1, -0.05) is 29.4 Å². The van der Waals surface area contributed by atoms with Gasteiger partial charge in [0.2, 0.25) is 5.76 Å². The van der Waals surface area contributed by atoms with E-state index in [1.54, 1.807) is 52.3 Å². The van der Waals surface area contributed by atoms with Crippen molar-refractivity contribution in [3.8, 4) is 5.75 Å². The number of carbonyl (C=O) groups is 3. The Bertz CT molecular complexity index is 1120. The van der Waals surface area contributed by atoms with Crippen LogP contribution in [-0.4, -0.2) is 58.9 Å². The molecule has 9 nitrogen and oxygen atoms in total. The molecule has 0 atom stereocenters. The maximum Gasteiger partial charge on any atom is 0.292 e. The molecule has 1 aromatic heterocycles. The van der Waals surface area contributed by atoms with Crippen LogP contribution in [0.1, 0.15) is 36.8 Å². The Hall–Kier alpha value is -4.14. The molecule has 4 rings (SSSR count). The largest absolute Gasteiger partial charge is 0.488 e. The minimum atomic E-state index is -0.564. The molecule has 0 radical (unpaired) electrons. The zero-order chi connectivity index (χ0) is 22.5. The third-order valence-electron chi connectivity index (χ3n) is 5.22. The minimum Gasteiger partial charge on any atom is -0.488 e. The Morgan fingerprint density at radius 3 is 2.34 bits per heavy atom. The van der Waals surface area contributed by atoms with E-state index in [1.165, 1.54) is 12.3 Å². The first kappa shape index (κ1) is 21.1. The summed E-state index contributed by atoms with van der Waals surface area (Å²) in [6, 6.07) is 15.4. The Kier molecular flexibility index (Phi) is 6.16. The van der Waals surface area contributed by atoms with Crippen LogP contribution in [0, 0.1) is 0 Å². The summed E-state index contributed by atoms with van der Waals surface area (Å²) in [5, 5.41) is 3.56. The fourth-order valence-corrected chi connectivity index (χ4v) is 3.53. The molecule has 3 amide bonds. The Balaban J connectivity index is 1.37. The number of benzene rings is 2. The number of para-hydroxylation sites is 1. The van der Waals surface area contributed by atoms with Crippen molar-refractivity contribution >= 4 is 17.7 Å². The molecule has 0 aliphatic carbocycles. The summed E-state index contributed by atoms with van der Waals surface area (Å²) >= 11 is 0. The lowest BCUT2D eigenvalue weighted by molar-refractivity contribution is 0.0512. The average Bonchev–Trinajstić information content (AvgIpc) is 3.37. The number of nitrogens with two attached hydrogens (primary N) is 1. The number of aromatic nitrogens is 1. The van der Waals surface area contributed by atoms with Crippen molar-refractivity contribution in [2.45, 2.75) is 6.61 Å². The number of ether oxygens (including phenoxy) is 1. The second-order valence-corrected chi connectivity index (χ2v) is 7.31. The molecule has 3 aromatic rings. The number of nitrogens with zero attached hydrogens (tertiary/aromatic N) is 3. The van der Waals surface area contributed by atoms with E-state index in [2.05, 4.69) is 5.16 Å². The average molecular weight is 434 g/mol. The van der Waals surface area contributed by atoms with E-state index in [1.807, 2.05) is 6.07 Å². The Morgan fingerprint density at radius 1 is 0.938 bits per heavy atom. The van der Waals surface area contributed by atoms with Crippen LogP contribution in [0.2, 0.25) is 0 Å². The first-order chi connectivity index (χ1) is 15.5. The summed E-state index contributed by atoms with van der Waals surface area (Å²) in [5.74, 6) is -0.328. The van der Waals surface area contributed by atoms with Crippen molar-refractivity contribution in [2.24, 2.45) is 5.73 Å². The zero-order valence-corrected chi connectivity index (χ0v) is 17.3. The highest BCUT2D eigenvalue weighted by molar-refractivity contribution is 5.96. The van der Waals surface area contributed by atoms with Crippen LogP contribution in [-0.2, 0) is 6.61 Å². The molecule has 164 valence electrons. The summed E-state index contributed by atoms with van der Waals surface area (Å²) in [6.07, 6.45) is 1.43. The summed E-state index contributed by atoms with van der Waals surface area (Å²) in [5.41, 5.74) is 7.01. The van der Waals surface area contributed by atoms with Gasteiger partial charge in [-0.25, -0.2) is 0 Å². The maximum absolute atomic E-state index is 13.0. The van der Waals surface area contributed by atoms with E-state index >= 15 is 0 Å². The van der Waals surface area contributed by atoms with Crippen LogP contribution < -0.4 is 10.5 Å². The van der Waals surface area contributed by atoms with Crippen LogP contribution in [0.4, 0.5) is 0 Å².